The lowest BCUT2D eigenvalue weighted by molar-refractivity contribution is 0.590. The smallest absolute Gasteiger partial charge is 0.0707 e. The van der Waals surface area contributed by atoms with Crippen LogP contribution in [0.25, 0.3) is 61.9 Å². The molecule has 0 saturated carbocycles. The largest absolute Gasteiger partial charge is 0.314 e. The number of allylic oxidation sites excluding steroid dienone is 2. The Morgan fingerprint density at radius 2 is 1.19 bits per heavy atom. The van der Waals surface area contributed by atoms with Crippen LogP contribution in [0.5, 0.6) is 0 Å². The van der Waals surface area contributed by atoms with Gasteiger partial charge >= 0.3 is 0 Å². The first-order valence-electron chi connectivity index (χ1n) is 18.5. The third kappa shape index (κ3) is 6.49. The van der Waals surface area contributed by atoms with Crippen molar-refractivity contribution in [2.24, 2.45) is 0 Å². The fourth-order valence-electron chi connectivity index (χ4n) is 7.50. The number of hydrogen-bond acceptors (Lipinski definition) is 1. The molecule has 2 nitrogen and oxygen atoms in total. The third-order valence-corrected chi connectivity index (χ3v) is 10.1. The van der Waals surface area contributed by atoms with Gasteiger partial charge in [0, 0.05) is 33.7 Å². The Labute approximate surface area is 312 Å². The molecule has 1 aromatic heterocycles. The molecule has 0 aliphatic carbocycles. The van der Waals surface area contributed by atoms with Gasteiger partial charge in [-0.05, 0) is 81.8 Å². The summed E-state index contributed by atoms with van der Waals surface area (Å²) in [7, 11) is 0. The zero-order chi connectivity index (χ0) is 36.4. The van der Waals surface area contributed by atoms with Gasteiger partial charge in [0.25, 0.3) is 0 Å². The Morgan fingerprint density at radius 1 is 0.566 bits per heavy atom. The molecule has 0 aliphatic rings. The van der Waals surface area contributed by atoms with E-state index in [1.807, 2.05) is 0 Å². The molecule has 7 aromatic carbocycles. The topological polar surface area (TPSA) is 8.17 Å². The molecule has 1 heterocycles. The summed E-state index contributed by atoms with van der Waals surface area (Å²) in [5.74, 6) is 0. The molecule has 0 amide bonds. The van der Waals surface area contributed by atoms with Crippen molar-refractivity contribution in [1.29, 1.82) is 0 Å². The Morgan fingerprint density at radius 3 is 1.91 bits per heavy atom. The van der Waals surface area contributed by atoms with Crippen LogP contribution in [0.15, 0.2) is 182 Å². The minimum absolute atomic E-state index is 0.0378. The molecular weight excluding hydrogens is 641 g/mol. The van der Waals surface area contributed by atoms with Gasteiger partial charge in [-0.3, -0.25) is 0 Å². The minimum Gasteiger partial charge on any atom is -0.314 e. The first-order chi connectivity index (χ1) is 25.9. The maximum atomic E-state index is 2.40. The number of nitrogens with zero attached hydrogens (tertiary/aromatic N) is 2. The molecule has 0 N–H and O–H groups in total. The highest BCUT2D eigenvalue weighted by Gasteiger charge is 2.20. The second-order valence-corrected chi connectivity index (χ2v) is 14.6. The van der Waals surface area contributed by atoms with E-state index in [1.165, 1.54) is 54.7 Å². The molecule has 53 heavy (non-hydrogen) atoms. The predicted molar refractivity (Wildman–Crippen MR) is 228 cm³/mol. The van der Waals surface area contributed by atoms with Crippen molar-refractivity contribution in [3.8, 4) is 27.9 Å². The van der Waals surface area contributed by atoms with E-state index in [4.69, 9.17) is 0 Å². The standard InChI is InChI=1S/C51H44N2/c1-5-6-25-44-43-26-14-16-31-48(43)53(41-23-11-8-12-24-41)49(44)36-52(40-34-32-39(33-35-40)51(2,3)4)47-30-15-13-27-45(47)46-29-18-22-38-21-17-28-42(50(38)46)37-19-9-7-10-20-37/h5-36H,1-4H3/b6-5-,44-25-,49-36-. The molecule has 258 valence electrons. The van der Waals surface area contributed by atoms with Gasteiger partial charge in [-0.25, -0.2) is 0 Å². The Balaban J connectivity index is 1.47. The number of rotatable bonds is 7. The maximum Gasteiger partial charge on any atom is 0.0707 e. The van der Waals surface area contributed by atoms with Crippen molar-refractivity contribution >= 4 is 45.3 Å². The van der Waals surface area contributed by atoms with Gasteiger partial charge in [0.1, 0.15) is 0 Å². The summed E-state index contributed by atoms with van der Waals surface area (Å²) in [5.41, 5.74) is 10.6. The van der Waals surface area contributed by atoms with Crippen LogP contribution in [0, 0.1) is 0 Å². The lowest BCUT2D eigenvalue weighted by Gasteiger charge is -2.26. The normalized spacial score (nSPS) is 12.7. The maximum absolute atomic E-state index is 2.40. The van der Waals surface area contributed by atoms with Crippen molar-refractivity contribution in [3.05, 3.63) is 198 Å². The van der Waals surface area contributed by atoms with Gasteiger partial charge in [0.05, 0.1) is 16.6 Å². The number of hydrogen-bond donors (Lipinski definition) is 0. The summed E-state index contributed by atoms with van der Waals surface area (Å²) in [6.07, 6.45) is 8.83. The number of para-hydroxylation sites is 3. The second-order valence-electron chi connectivity index (χ2n) is 14.6. The van der Waals surface area contributed by atoms with Crippen LogP contribution >= 0.6 is 0 Å². The number of fused-ring (bicyclic) bond motifs is 2. The van der Waals surface area contributed by atoms with E-state index in [-0.39, 0.29) is 5.41 Å². The number of aromatic nitrogens is 1. The van der Waals surface area contributed by atoms with Gasteiger partial charge in [0.2, 0.25) is 0 Å². The summed E-state index contributed by atoms with van der Waals surface area (Å²) in [6, 6.07) is 61.5. The molecule has 0 radical (unpaired) electrons. The van der Waals surface area contributed by atoms with Crippen molar-refractivity contribution < 1.29 is 0 Å². The molecule has 0 unspecified atom stereocenters. The van der Waals surface area contributed by atoms with Crippen LogP contribution in [-0.2, 0) is 5.41 Å². The summed E-state index contributed by atoms with van der Waals surface area (Å²) in [6.45, 7) is 8.89. The lowest BCUT2D eigenvalue weighted by Crippen LogP contribution is -2.31. The van der Waals surface area contributed by atoms with Crippen molar-refractivity contribution in [2.45, 2.75) is 33.1 Å². The van der Waals surface area contributed by atoms with Gasteiger partial charge < -0.3 is 9.47 Å². The summed E-state index contributed by atoms with van der Waals surface area (Å²) >= 11 is 0. The quantitative estimate of drug-likeness (QED) is 0.162. The second kappa shape index (κ2) is 14.3. The van der Waals surface area contributed by atoms with Gasteiger partial charge in [0.15, 0.2) is 0 Å². The molecule has 8 aromatic rings. The van der Waals surface area contributed by atoms with E-state index in [2.05, 4.69) is 231 Å². The number of benzene rings is 7. The Kier molecular flexibility index (Phi) is 9.12. The highest BCUT2D eigenvalue weighted by Crippen LogP contribution is 2.42. The summed E-state index contributed by atoms with van der Waals surface area (Å²) < 4.78 is 2.40. The summed E-state index contributed by atoms with van der Waals surface area (Å²) in [4.78, 5) is 2.40. The van der Waals surface area contributed by atoms with Crippen molar-refractivity contribution in [2.75, 3.05) is 4.90 Å². The SMILES string of the molecule is C\C=C/C=c1\c(=C\N(c2ccc(C(C)(C)C)cc2)c2ccccc2-c2cccc3cccc(-c4ccccc4)c23)n(-c2ccccc2)c2ccccc12. The molecule has 2 heteroatoms. The third-order valence-electron chi connectivity index (χ3n) is 10.1. The van der Waals surface area contributed by atoms with Gasteiger partial charge in [-0.1, -0.05) is 172 Å². The highest BCUT2D eigenvalue weighted by molar-refractivity contribution is 6.08. The van der Waals surface area contributed by atoms with Crippen molar-refractivity contribution in [1.82, 2.24) is 4.57 Å². The van der Waals surface area contributed by atoms with Crippen LogP contribution in [-0.4, -0.2) is 4.57 Å². The zero-order valence-corrected chi connectivity index (χ0v) is 30.9. The molecule has 0 spiro atoms. The van der Waals surface area contributed by atoms with E-state index in [0.29, 0.717) is 0 Å². The predicted octanol–water partition coefficient (Wildman–Crippen LogP) is 12.3. The molecule has 0 aliphatic heterocycles. The van der Waals surface area contributed by atoms with Crippen LogP contribution in [0.1, 0.15) is 33.3 Å². The van der Waals surface area contributed by atoms with E-state index >= 15 is 0 Å². The molecular formula is C51H44N2. The lowest BCUT2D eigenvalue weighted by atomic mass is 9.87. The average Bonchev–Trinajstić information content (AvgIpc) is 3.51. The fourth-order valence-corrected chi connectivity index (χ4v) is 7.50. The average molecular weight is 685 g/mol. The van der Waals surface area contributed by atoms with Crippen LogP contribution in [0.2, 0.25) is 0 Å². The molecule has 0 saturated heterocycles. The van der Waals surface area contributed by atoms with E-state index in [9.17, 15) is 0 Å². The highest BCUT2D eigenvalue weighted by atomic mass is 15.1. The van der Waals surface area contributed by atoms with Crippen molar-refractivity contribution in [3.63, 3.8) is 0 Å². The van der Waals surface area contributed by atoms with Crippen LogP contribution in [0.4, 0.5) is 11.4 Å². The molecule has 0 fully saturated rings. The molecule has 0 atom stereocenters. The molecule has 8 rings (SSSR count). The van der Waals surface area contributed by atoms with Crippen LogP contribution < -0.4 is 15.5 Å². The van der Waals surface area contributed by atoms with Gasteiger partial charge in [-0.15, -0.1) is 0 Å². The monoisotopic (exact) mass is 684 g/mol. The van der Waals surface area contributed by atoms with Crippen LogP contribution in [0.3, 0.4) is 0 Å². The van der Waals surface area contributed by atoms with E-state index in [0.717, 1.165) is 22.4 Å². The Bertz CT molecular complexity index is 2690. The minimum atomic E-state index is 0.0378. The van der Waals surface area contributed by atoms with E-state index < -0.39 is 0 Å². The van der Waals surface area contributed by atoms with E-state index in [1.54, 1.807) is 0 Å². The fraction of sp³-hybridized carbons (Fsp3) is 0.0980. The Hall–Kier alpha value is -6.38. The number of anilines is 2. The first-order valence-corrected chi connectivity index (χ1v) is 18.5. The van der Waals surface area contributed by atoms with Gasteiger partial charge in [-0.2, -0.15) is 0 Å². The molecule has 0 bridgehead atoms. The first kappa shape index (κ1) is 33.7. The zero-order valence-electron chi connectivity index (χ0n) is 30.9. The summed E-state index contributed by atoms with van der Waals surface area (Å²) in [5, 5.41) is 5.95.